The second-order valence-electron chi connectivity index (χ2n) is 6.12. The molecule has 130 valence electrons. The molecule has 0 aromatic rings. The molecule has 3 nitrogen and oxygen atoms in total. The summed E-state index contributed by atoms with van der Waals surface area (Å²) in [6.07, 6.45) is 9.34. The third-order valence-electron chi connectivity index (χ3n) is 3.48. The van der Waals surface area contributed by atoms with Gasteiger partial charge in [-0.15, -0.1) is 17.0 Å². The van der Waals surface area contributed by atoms with E-state index in [-0.39, 0.29) is 29.0 Å². The Morgan fingerprint density at radius 3 is 2.32 bits per heavy atom. The normalized spacial score (nSPS) is 12.6. The van der Waals surface area contributed by atoms with Crippen LogP contribution < -0.4 is 0 Å². The number of ether oxygens (including phenoxy) is 1. The monoisotopic (exact) mass is 375 g/mol. The summed E-state index contributed by atoms with van der Waals surface area (Å²) in [5.41, 5.74) is 2.62. The Morgan fingerprint density at radius 2 is 1.82 bits per heavy atom. The predicted molar refractivity (Wildman–Crippen MR) is 101 cm³/mol. The zero-order valence-electron chi connectivity index (χ0n) is 15.1. The van der Waals surface area contributed by atoms with Crippen LogP contribution in [0.4, 0.5) is 0 Å². The second kappa shape index (κ2) is 14.0. The van der Waals surface area contributed by atoms with Crippen molar-refractivity contribution in [1.82, 2.24) is 4.90 Å². The Hall–Kier alpha value is -0.610. The summed E-state index contributed by atoms with van der Waals surface area (Å²) >= 11 is 0. The molecule has 22 heavy (non-hydrogen) atoms. The zero-order chi connectivity index (χ0) is 16.3. The molecule has 0 bridgehead atoms. The SMILES string of the molecule is Br.CCCCC(C(=O)OC/C=C(\C)CCC=C(C)C)N(C)C. The van der Waals surface area contributed by atoms with E-state index in [0.29, 0.717) is 6.61 Å². The molecule has 1 unspecified atom stereocenters. The van der Waals surface area contributed by atoms with E-state index in [2.05, 4.69) is 33.8 Å². The molecule has 0 saturated heterocycles. The fourth-order valence-electron chi connectivity index (χ4n) is 2.04. The summed E-state index contributed by atoms with van der Waals surface area (Å²) in [7, 11) is 3.87. The van der Waals surface area contributed by atoms with Crippen LogP contribution in [0.25, 0.3) is 0 Å². The first-order valence-corrected chi connectivity index (χ1v) is 8.00. The van der Waals surface area contributed by atoms with Gasteiger partial charge in [0.2, 0.25) is 0 Å². The van der Waals surface area contributed by atoms with Gasteiger partial charge in [0.15, 0.2) is 0 Å². The van der Waals surface area contributed by atoms with Gasteiger partial charge in [0.25, 0.3) is 0 Å². The number of nitrogens with zero attached hydrogens (tertiary/aromatic N) is 1. The van der Waals surface area contributed by atoms with Crippen LogP contribution in [-0.4, -0.2) is 37.6 Å². The highest BCUT2D eigenvalue weighted by Gasteiger charge is 2.21. The molecule has 0 radical (unpaired) electrons. The van der Waals surface area contributed by atoms with Gasteiger partial charge in [-0.25, -0.2) is 0 Å². The quantitative estimate of drug-likeness (QED) is 0.400. The summed E-state index contributed by atoms with van der Waals surface area (Å²) in [6, 6.07) is -0.121. The van der Waals surface area contributed by atoms with Crippen LogP contribution in [0.1, 0.15) is 59.8 Å². The van der Waals surface area contributed by atoms with Crippen LogP contribution in [0, 0.1) is 0 Å². The Labute approximate surface area is 147 Å². The number of carbonyl (C=O) groups is 1. The maximum atomic E-state index is 12.1. The molecule has 0 heterocycles. The van der Waals surface area contributed by atoms with Crippen molar-refractivity contribution in [3.05, 3.63) is 23.3 Å². The van der Waals surface area contributed by atoms with Gasteiger partial charge in [-0.2, -0.15) is 0 Å². The summed E-state index contributed by atoms with van der Waals surface area (Å²) in [5, 5.41) is 0. The molecule has 0 amide bonds. The van der Waals surface area contributed by atoms with Gasteiger partial charge in [-0.05, 0) is 60.2 Å². The fraction of sp³-hybridized carbons (Fsp3) is 0.722. The van der Waals surface area contributed by atoms with Crippen LogP contribution in [0.3, 0.4) is 0 Å². The van der Waals surface area contributed by atoms with Crippen LogP contribution in [0.15, 0.2) is 23.3 Å². The van der Waals surface area contributed by atoms with E-state index in [1.54, 1.807) is 0 Å². The predicted octanol–water partition coefficient (Wildman–Crippen LogP) is 4.92. The minimum atomic E-state index is -0.121. The van der Waals surface area contributed by atoms with Crippen molar-refractivity contribution in [1.29, 1.82) is 0 Å². The van der Waals surface area contributed by atoms with E-state index in [9.17, 15) is 4.79 Å². The number of likely N-dealkylation sites (N-methyl/N-ethyl adjacent to an activating group) is 1. The maximum absolute atomic E-state index is 12.1. The summed E-state index contributed by atoms with van der Waals surface area (Å²) in [4.78, 5) is 14.0. The summed E-state index contributed by atoms with van der Waals surface area (Å²) < 4.78 is 5.39. The lowest BCUT2D eigenvalue weighted by Crippen LogP contribution is -2.37. The lowest BCUT2D eigenvalue weighted by Gasteiger charge is -2.22. The molecular weight excluding hydrogens is 342 g/mol. The summed E-state index contributed by atoms with van der Waals surface area (Å²) in [5.74, 6) is -0.109. The number of hydrogen-bond donors (Lipinski definition) is 0. The topological polar surface area (TPSA) is 29.5 Å². The summed E-state index contributed by atoms with van der Waals surface area (Å²) in [6.45, 7) is 8.83. The number of carbonyl (C=O) groups excluding carboxylic acids is 1. The van der Waals surface area contributed by atoms with Crippen molar-refractivity contribution in [3.63, 3.8) is 0 Å². The minimum Gasteiger partial charge on any atom is -0.460 e. The Bertz CT molecular complexity index is 358. The van der Waals surface area contributed by atoms with E-state index in [1.807, 2.05) is 25.1 Å². The molecule has 0 saturated carbocycles. The first-order chi connectivity index (χ1) is 9.88. The fourth-order valence-corrected chi connectivity index (χ4v) is 2.04. The zero-order valence-corrected chi connectivity index (χ0v) is 16.9. The van der Waals surface area contributed by atoms with Crippen LogP contribution >= 0.6 is 17.0 Å². The number of unbranched alkanes of at least 4 members (excludes halogenated alkanes) is 1. The van der Waals surface area contributed by atoms with Gasteiger partial charge in [0.05, 0.1) is 0 Å². The lowest BCUT2D eigenvalue weighted by molar-refractivity contribution is -0.148. The van der Waals surface area contributed by atoms with Crippen molar-refractivity contribution in [2.75, 3.05) is 20.7 Å². The Balaban J connectivity index is 0. The average Bonchev–Trinajstić information content (AvgIpc) is 2.38. The molecule has 0 rings (SSSR count). The molecule has 0 aromatic heterocycles. The van der Waals surface area contributed by atoms with Crippen LogP contribution in [-0.2, 0) is 9.53 Å². The van der Waals surface area contributed by atoms with Crippen molar-refractivity contribution in [2.24, 2.45) is 0 Å². The van der Waals surface area contributed by atoms with Crippen molar-refractivity contribution in [3.8, 4) is 0 Å². The van der Waals surface area contributed by atoms with Gasteiger partial charge in [-0.3, -0.25) is 9.69 Å². The third-order valence-corrected chi connectivity index (χ3v) is 3.48. The van der Waals surface area contributed by atoms with E-state index in [0.717, 1.165) is 32.1 Å². The maximum Gasteiger partial charge on any atom is 0.323 e. The van der Waals surface area contributed by atoms with Gasteiger partial charge in [0.1, 0.15) is 12.6 Å². The van der Waals surface area contributed by atoms with Crippen molar-refractivity contribution >= 4 is 23.0 Å². The largest absolute Gasteiger partial charge is 0.460 e. The van der Waals surface area contributed by atoms with Crippen molar-refractivity contribution in [2.45, 2.75) is 65.8 Å². The molecule has 0 fully saturated rings. The number of esters is 1. The molecule has 0 aliphatic rings. The average molecular weight is 376 g/mol. The van der Waals surface area contributed by atoms with Gasteiger partial charge in [0, 0.05) is 0 Å². The van der Waals surface area contributed by atoms with E-state index < -0.39 is 0 Å². The minimum absolute atomic E-state index is 0. The third kappa shape index (κ3) is 12.0. The number of rotatable bonds is 10. The molecule has 0 aromatic carbocycles. The van der Waals surface area contributed by atoms with Crippen LogP contribution in [0.2, 0.25) is 0 Å². The van der Waals surface area contributed by atoms with Crippen molar-refractivity contribution < 1.29 is 9.53 Å². The first-order valence-electron chi connectivity index (χ1n) is 8.00. The highest BCUT2D eigenvalue weighted by Crippen LogP contribution is 2.09. The van der Waals surface area contributed by atoms with Crippen LogP contribution in [0.5, 0.6) is 0 Å². The molecule has 0 spiro atoms. The highest BCUT2D eigenvalue weighted by molar-refractivity contribution is 8.93. The Kier molecular flexibility index (Phi) is 15.1. The second-order valence-corrected chi connectivity index (χ2v) is 6.12. The van der Waals surface area contributed by atoms with Gasteiger partial charge in [-0.1, -0.05) is 37.0 Å². The Morgan fingerprint density at radius 1 is 1.18 bits per heavy atom. The van der Waals surface area contributed by atoms with Gasteiger partial charge >= 0.3 is 5.97 Å². The molecular formula is C18H34BrNO2. The number of hydrogen-bond acceptors (Lipinski definition) is 3. The molecule has 0 N–H and O–H groups in total. The number of allylic oxidation sites excluding steroid dienone is 3. The number of halogens is 1. The van der Waals surface area contributed by atoms with E-state index in [4.69, 9.17) is 4.74 Å². The lowest BCUT2D eigenvalue weighted by atomic mass is 10.1. The van der Waals surface area contributed by atoms with E-state index in [1.165, 1.54) is 11.1 Å². The highest BCUT2D eigenvalue weighted by atomic mass is 79.9. The molecule has 1 atom stereocenters. The van der Waals surface area contributed by atoms with E-state index >= 15 is 0 Å². The first kappa shape index (κ1) is 23.7. The molecule has 0 aliphatic heterocycles. The molecule has 4 heteroatoms. The molecule has 0 aliphatic carbocycles. The van der Waals surface area contributed by atoms with Gasteiger partial charge < -0.3 is 4.74 Å². The smallest absolute Gasteiger partial charge is 0.323 e. The standard InChI is InChI=1S/C18H33NO2.BrH/c1-7-8-12-17(19(5)6)18(20)21-14-13-16(4)11-9-10-15(2)3;/h10,13,17H,7-9,11-12,14H2,1-6H3;1H/b16-13+;.